The molecule has 0 aliphatic carbocycles. The van der Waals surface area contributed by atoms with Crippen LogP contribution in [0.1, 0.15) is 19.3 Å². The summed E-state index contributed by atoms with van der Waals surface area (Å²) >= 11 is 0. The maximum Gasteiger partial charge on any atom is 0.210 e. The average molecular weight is 248 g/mol. The smallest absolute Gasteiger partial charge is 0.210 e. The minimum atomic E-state index is 0.365. The van der Waals surface area contributed by atoms with E-state index in [0.29, 0.717) is 18.6 Å². The number of aliphatic imine (C=N–C) groups is 1. The number of rotatable bonds is 4. The van der Waals surface area contributed by atoms with Gasteiger partial charge in [-0.25, -0.2) is 5.84 Å². The van der Waals surface area contributed by atoms with Gasteiger partial charge in [-0.1, -0.05) is 18.2 Å². The van der Waals surface area contributed by atoms with Crippen molar-refractivity contribution >= 4 is 11.6 Å². The van der Waals surface area contributed by atoms with Gasteiger partial charge < -0.3 is 10.1 Å². The van der Waals surface area contributed by atoms with E-state index in [1.54, 1.807) is 0 Å². The standard InChI is InChI=1S/C13H20N4O/c14-17-13(16-11-5-2-1-3-6-11)15-9-8-12-7-4-10-18-12/h1-3,5-6,12H,4,7-10,14H2,(H2,15,16,17). The maximum atomic E-state index is 5.55. The number of hydrazine groups is 1. The van der Waals surface area contributed by atoms with E-state index in [0.717, 1.165) is 25.1 Å². The van der Waals surface area contributed by atoms with Gasteiger partial charge in [-0.2, -0.15) is 0 Å². The third-order valence-corrected chi connectivity index (χ3v) is 2.92. The van der Waals surface area contributed by atoms with Crippen molar-refractivity contribution in [1.82, 2.24) is 5.43 Å². The zero-order valence-corrected chi connectivity index (χ0v) is 10.4. The van der Waals surface area contributed by atoms with E-state index in [-0.39, 0.29) is 0 Å². The molecule has 1 aromatic rings. The predicted octanol–water partition coefficient (Wildman–Crippen LogP) is 1.49. The summed E-state index contributed by atoms with van der Waals surface area (Å²) in [5.41, 5.74) is 3.54. The first-order valence-electron chi connectivity index (χ1n) is 6.33. The summed E-state index contributed by atoms with van der Waals surface area (Å²) in [5.74, 6) is 6.02. The molecule has 1 saturated heterocycles. The Morgan fingerprint density at radius 3 is 2.89 bits per heavy atom. The molecule has 2 rings (SSSR count). The number of para-hydroxylation sites is 1. The van der Waals surface area contributed by atoms with Crippen molar-refractivity contribution in [3.8, 4) is 0 Å². The largest absolute Gasteiger partial charge is 0.378 e. The van der Waals surface area contributed by atoms with Crippen molar-refractivity contribution in [2.45, 2.75) is 25.4 Å². The fourth-order valence-corrected chi connectivity index (χ4v) is 1.97. The summed E-state index contributed by atoms with van der Waals surface area (Å²) in [4.78, 5) is 4.39. The molecule has 98 valence electrons. The Hall–Kier alpha value is -1.59. The van der Waals surface area contributed by atoms with Crippen LogP contribution in [0.15, 0.2) is 35.3 Å². The minimum Gasteiger partial charge on any atom is -0.378 e. The number of nitrogens with two attached hydrogens (primary N) is 1. The molecule has 1 aliphatic rings. The van der Waals surface area contributed by atoms with Crippen LogP contribution in [0, 0.1) is 0 Å². The number of benzene rings is 1. The number of nitrogens with one attached hydrogen (secondary N) is 2. The van der Waals surface area contributed by atoms with Gasteiger partial charge in [0.05, 0.1) is 6.10 Å². The van der Waals surface area contributed by atoms with Crippen LogP contribution >= 0.6 is 0 Å². The highest BCUT2D eigenvalue weighted by Gasteiger charge is 2.14. The first-order chi connectivity index (χ1) is 8.88. The van der Waals surface area contributed by atoms with Crippen LogP contribution in [-0.4, -0.2) is 25.2 Å². The lowest BCUT2D eigenvalue weighted by atomic mass is 10.2. The van der Waals surface area contributed by atoms with E-state index < -0.39 is 0 Å². The van der Waals surface area contributed by atoms with Crippen LogP contribution in [0.3, 0.4) is 0 Å². The topological polar surface area (TPSA) is 71.7 Å². The van der Waals surface area contributed by atoms with Gasteiger partial charge in [0, 0.05) is 18.8 Å². The van der Waals surface area contributed by atoms with Crippen molar-refractivity contribution in [3.63, 3.8) is 0 Å². The first-order valence-corrected chi connectivity index (χ1v) is 6.33. The first kappa shape index (κ1) is 12.9. The van der Waals surface area contributed by atoms with E-state index in [1.165, 1.54) is 6.42 Å². The zero-order chi connectivity index (χ0) is 12.6. The van der Waals surface area contributed by atoms with E-state index in [2.05, 4.69) is 15.7 Å². The van der Waals surface area contributed by atoms with Crippen LogP contribution in [0.5, 0.6) is 0 Å². The monoisotopic (exact) mass is 248 g/mol. The Labute approximate surface area is 107 Å². The number of ether oxygens (including phenoxy) is 1. The Bertz CT molecular complexity index is 374. The van der Waals surface area contributed by atoms with Gasteiger partial charge in [-0.3, -0.25) is 10.4 Å². The van der Waals surface area contributed by atoms with Crippen molar-refractivity contribution in [1.29, 1.82) is 0 Å². The van der Waals surface area contributed by atoms with Crippen molar-refractivity contribution in [3.05, 3.63) is 30.3 Å². The van der Waals surface area contributed by atoms with E-state index in [9.17, 15) is 0 Å². The number of anilines is 1. The molecular weight excluding hydrogens is 228 g/mol. The highest BCUT2D eigenvalue weighted by Crippen LogP contribution is 2.15. The zero-order valence-electron chi connectivity index (χ0n) is 10.4. The van der Waals surface area contributed by atoms with Gasteiger partial charge in [-0.05, 0) is 31.4 Å². The van der Waals surface area contributed by atoms with E-state index >= 15 is 0 Å². The van der Waals surface area contributed by atoms with Crippen LogP contribution in [0.4, 0.5) is 5.69 Å². The van der Waals surface area contributed by atoms with Crippen LogP contribution in [0.2, 0.25) is 0 Å². The van der Waals surface area contributed by atoms with E-state index in [1.807, 2.05) is 30.3 Å². The molecule has 1 unspecified atom stereocenters. The summed E-state index contributed by atoms with van der Waals surface area (Å²) < 4.78 is 5.55. The molecule has 1 heterocycles. The molecule has 0 aromatic heterocycles. The van der Waals surface area contributed by atoms with Gasteiger partial charge >= 0.3 is 0 Å². The highest BCUT2D eigenvalue weighted by molar-refractivity contribution is 5.93. The minimum absolute atomic E-state index is 0.365. The van der Waals surface area contributed by atoms with Crippen LogP contribution < -0.4 is 16.6 Å². The number of nitrogens with zero attached hydrogens (tertiary/aromatic N) is 1. The fraction of sp³-hybridized carbons (Fsp3) is 0.462. The number of hydrogen-bond donors (Lipinski definition) is 3. The normalized spacial score (nSPS) is 19.8. The molecule has 1 aliphatic heterocycles. The van der Waals surface area contributed by atoms with Gasteiger partial charge in [-0.15, -0.1) is 0 Å². The van der Waals surface area contributed by atoms with E-state index in [4.69, 9.17) is 10.6 Å². The van der Waals surface area contributed by atoms with Crippen molar-refractivity contribution in [2.75, 3.05) is 18.5 Å². The second kappa shape index (κ2) is 6.98. The van der Waals surface area contributed by atoms with Gasteiger partial charge in [0.1, 0.15) is 0 Å². The summed E-state index contributed by atoms with van der Waals surface area (Å²) in [5, 5.41) is 3.13. The molecule has 0 spiro atoms. The molecule has 18 heavy (non-hydrogen) atoms. The molecule has 5 heteroatoms. The molecule has 0 bridgehead atoms. The second-order valence-electron chi connectivity index (χ2n) is 4.29. The quantitative estimate of drug-likeness (QED) is 0.327. The van der Waals surface area contributed by atoms with Gasteiger partial charge in [0.15, 0.2) is 0 Å². The van der Waals surface area contributed by atoms with Crippen LogP contribution in [-0.2, 0) is 4.74 Å². The van der Waals surface area contributed by atoms with Crippen molar-refractivity contribution < 1.29 is 4.74 Å². The molecule has 5 nitrogen and oxygen atoms in total. The Kier molecular flexibility index (Phi) is 4.99. The molecule has 0 radical (unpaired) electrons. The third-order valence-electron chi connectivity index (χ3n) is 2.92. The molecule has 1 fully saturated rings. The summed E-state index contributed by atoms with van der Waals surface area (Å²) in [6.45, 7) is 1.60. The van der Waals surface area contributed by atoms with Gasteiger partial charge in [0.25, 0.3) is 0 Å². The van der Waals surface area contributed by atoms with Crippen molar-refractivity contribution in [2.24, 2.45) is 10.8 Å². The highest BCUT2D eigenvalue weighted by atomic mass is 16.5. The Morgan fingerprint density at radius 1 is 1.39 bits per heavy atom. The predicted molar refractivity (Wildman–Crippen MR) is 73.3 cm³/mol. The molecule has 1 atom stereocenters. The van der Waals surface area contributed by atoms with Crippen LogP contribution in [0.25, 0.3) is 0 Å². The summed E-state index contributed by atoms with van der Waals surface area (Å²) in [7, 11) is 0. The molecule has 4 N–H and O–H groups in total. The summed E-state index contributed by atoms with van der Waals surface area (Å²) in [6, 6.07) is 9.82. The second-order valence-corrected chi connectivity index (χ2v) is 4.29. The maximum absolute atomic E-state index is 5.55. The molecular formula is C13H20N4O. The molecule has 0 saturated carbocycles. The lowest BCUT2D eigenvalue weighted by Crippen LogP contribution is -2.36. The lowest BCUT2D eigenvalue weighted by molar-refractivity contribution is 0.106. The lowest BCUT2D eigenvalue weighted by Gasteiger charge is -2.10. The fourth-order valence-electron chi connectivity index (χ4n) is 1.97. The Morgan fingerprint density at radius 2 is 2.22 bits per heavy atom. The third kappa shape index (κ3) is 4.01. The number of guanidine groups is 1. The summed E-state index contributed by atoms with van der Waals surface area (Å²) in [6.07, 6.45) is 3.62. The average Bonchev–Trinajstić information content (AvgIpc) is 2.92. The Balaban J connectivity index is 1.80. The number of hydrogen-bond acceptors (Lipinski definition) is 3. The molecule has 0 amide bonds. The molecule has 1 aromatic carbocycles. The SMILES string of the molecule is NNC(=NCCC1CCCO1)Nc1ccccc1. The van der Waals surface area contributed by atoms with Gasteiger partial charge in [0.2, 0.25) is 5.96 Å².